The van der Waals surface area contributed by atoms with E-state index in [4.69, 9.17) is 10.1 Å². The molecule has 0 amide bonds. The van der Waals surface area contributed by atoms with Crippen LogP contribution in [0.25, 0.3) is 16.9 Å². The van der Waals surface area contributed by atoms with Gasteiger partial charge in [0.1, 0.15) is 17.5 Å². The Bertz CT molecular complexity index is 1200. The van der Waals surface area contributed by atoms with Gasteiger partial charge >= 0.3 is 0 Å². The van der Waals surface area contributed by atoms with Crippen LogP contribution in [0.4, 0.5) is 16.0 Å². The second-order valence-electron chi connectivity index (χ2n) is 7.49. The molecule has 0 aliphatic carbocycles. The molecule has 0 bridgehead atoms. The molecule has 7 nitrogen and oxygen atoms in total. The van der Waals surface area contributed by atoms with Crippen LogP contribution in [0.5, 0.6) is 0 Å². The fourth-order valence-electron chi connectivity index (χ4n) is 3.94. The fourth-order valence-corrected chi connectivity index (χ4v) is 3.94. The molecule has 0 N–H and O–H groups in total. The normalized spacial score (nSPS) is 14.5. The van der Waals surface area contributed by atoms with E-state index < -0.39 is 0 Å². The zero-order chi connectivity index (χ0) is 20.7. The molecule has 3 aromatic heterocycles. The van der Waals surface area contributed by atoms with Gasteiger partial charge in [-0.3, -0.25) is 4.98 Å². The summed E-state index contributed by atoms with van der Waals surface area (Å²) < 4.78 is 15.6. The maximum atomic E-state index is 13.7. The number of hydrogen-bond donors (Lipinski definition) is 0. The van der Waals surface area contributed by atoms with E-state index in [0.29, 0.717) is 5.69 Å². The minimum absolute atomic E-state index is 0.273. The number of halogens is 1. The minimum atomic E-state index is -0.273. The predicted molar refractivity (Wildman–Crippen MR) is 114 cm³/mol. The molecule has 152 valence electrons. The van der Waals surface area contributed by atoms with Crippen molar-refractivity contribution in [2.24, 2.45) is 0 Å². The molecule has 1 saturated heterocycles. The largest absolute Gasteiger partial charge is 0.353 e. The summed E-state index contributed by atoms with van der Waals surface area (Å²) in [5.41, 5.74) is 4.30. The van der Waals surface area contributed by atoms with E-state index >= 15 is 0 Å². The molecule has 1 aromatic carbocycles. The van der Waals surface area contributed by atoms with Crippen molar-refractivity contribution >= 4 is 17.3 Å². The summed E-state index contributed by atoms with van der Waals surface area (Å²) in [5, 5.41) is 4.79. The van der Waals surface area contributed by atoms with Gasteiger partial charge in [-0.25, -0.2) is 14.4 Å². The number of benzene rings is 1. The molecule has 0 saturated carbocycles. The first kappa shape index (κ1) is 18.5. The van der Waals surface area contributed by atoms with Crippen molar-refractivity contribution in [3.8, 4) is 11.3 Å². The standard InChI is InChI=1S/C22H22FN7/c1-15-16(2)26-20-13-19(17-4-3-5-18(23)12-17)27-30(20)22(15)29-10-8-28(9-11-29)21-14-24-6-7-25-21/h3-7,12-14H,8-11H2,1-2H3. The van der Waals surface area contributed by atoms with Crippen molar-refractivity contribution in [3.05, 3.63) is 66.0 Å². The van der Waals surface area contributed by atoms with Crippen LogP contribution >= 0.6 is 0 Å². The van der Waals surface area contributed by atoms with Gasteiger partial charge < -0.3 is 9.80 Å². The Morgan fingerprint density at radius 2 is 1.77 bits per heavy atom. The van der Waals surface area contributed by atoms with Gasteiger partial charge in [0.2, 0.25) is 0 Å². The first-order chi connectivity index (χ1) is 14.6. The molecule has 1 aliphatic heterocycles. The Labute approximate surface area is 173 Å². The van der Waals surface area contributed by atoms with Gasteiger partial charge in [-0.1, -0.05) is 12.1 Å². The second kappa shape index (κ2) is 7.37. The Morgan fingerprint density at radius 3 is 2.50 bits per heavy atom. The van der Waals surface area contributed by atoms with Gasteiger partial charge in [-0.05, 0) is 26.0 Å². The average molecular weight is 403 g/mol. The third-order valence-electron chi connectivity index (χ3n) is 5.62. The SMILES string of the molecule is Cc1nc2cc(-c3cccc(F)c3)nn2c(N2CCN(c3cnccn3)CC2)c1C. The highest BCUT2D eigenvalue weighted by molar-refractivity contribution is 5.67. The van der Waals surface area contributed by atoms with E-state index in [9.17, 15) is 4.39 Å². The lowest BCUT2D eigenvalue weighted by molar-refractivity contribution is 0.628. The van der Waals surface area contributed by atoms with E-state index in [1.165, 1.54) is 12.1 Å². The highest BCUT2D eigenvalue weighted by Crippen LogP contribution is 2.28. The average Bonchev–Trinajstić information content (AvgIpc) is 3.19. The molecular weight excluding hydrogens is 381 g/mol. The summed E-state index contributed by atoms with van der Waals surface area (Å²) in [5.74, 6) is 1.67. The van der Waals surface area contributed by atoms with Crippen molar-refractivity contribution in [2.75, 3.05) is 36.0 Å². The second-order valence-corrected chi connectivity index (χ2v) is 7.49. The zero-order valence-corrected chi connectivity index (χ0v) is 17.0. The summed E-state index contributed by atoms with van der Waals surface area (Å²) in [4.78, 5) is 17.9. The number of aromatic nitrogens is 5. The van der Waals surface area contributed by atoms with E-state index in [0.717, 1.165) is 60.3 Å². The van der Waals surface area contributed by atoms with Crippen LogP contribution in [0.3, 0.4) is 0 Å². The number of anilines is 2. The molecule has 1 aliphatic rings. The van der Waals surface area contributed by atoms with Crippen molar-refractivity contribution < 1.29 is 4.39 Å². The Hall–Kier alpha value is -3.55. The monoisotopic (exact) mass is 403 g/mol. The van der Waals surface area contributed by atoms with Gasteiger partial charge in [0.15, 0.2) is 5.65 Å². The van der Waals surface area contributed by atoms with Gasteiger partial charge in [0.05, 0.1) is 11.9 Å². The van der Waals surface area contributed by atoms with Gasteiger partial charge in [-0.2, -0.15) is 9.61 Å². The molecular formula is C22H22FN7. The molecule has 0 unspecified atom stereocenters. The quantitative estimate of drug-likeness (QED) is 0.523. The first-order valence-corrected chi connectivity index (χ1v) is 9.99. The smallest absolute Gasteiger partial charge is 0.158 e. The number of fused-ring (bicyclic) bond motifs is 1. The first-order valence-electron chi connectivity index (χ1n) is 9.99. The zero-order valence-electron chi connectivity index (χ0n) is 17.0. The van der Waals surface area contributed by atoms with E-state index in [2.05, 4.69) is 26.7 Å². The van der Waals surface area contributed by atoms with Crippen molar-refractivity contribution in [3.63, 3.8) is 0 Å². The number of aryl methyl sites for hydroxylation is 1. The highest BCUT2D eigenvalue weighted by Gasteiger charge is 2.24. The minimum Gasteiger partial charge on any atom is -0.353 e. The van der Waals surface area contributed by atoms with Crippen LogP contribution in [0.2, 0.25) is 0 Å². The molecule has 0 atom stereocenters. The van der Waals surface area contributed by atoms with E-state index in [1.54, 1.807) is 24.7 Å². The maximum absolute atomic E-state index is 13.7. The third kappa shape index (κ3) is 3.24. The summed E-state index contributed by atoms with van der Waals surface area (Å²) in [6.07, 6.45) is 5.21. The van der Waals surface area contributed by atoms with Crippen LogP contribution in [0.15, 0.2) is 48.9 Å². The summed E-state index contributed by atoms with van der Waals surface area (Å²) in [6.45, 7) is 7.47. The number of rotatable bonds is 3. The summed E-state index contributed by atoms with van der Waals surface area (Å²) in [7, 11) is 0. The van der Waals surface area contributed by atoms with Crippen molar-refractivity contribution in [1.29, 1.82) is 0 Å². The lowest BCUT2D eigenvalue weighted by atomic mass is 10.1. The van der Waals surface area contributed by atoms with Crippen LogP contribution in [0.1, 0.15) is 11.3 Å². The maximum Gasteiger partial charge on any atom is 0.158 e. The Kier molecular flexibility index (Phi) is 4.54. The third-order valence-corrected chi connectivity index (χ3v) is 5.62. The fraction of sp³-hybridized carbons (Fsp3) is 0.273. The molecule has 30 heavy (non-hydrogen) atoms. The Morgan fingerprint density at radius 1 is 0.967 bits per heavy atom. The lowest BCUT2D eigenvalue weighted by Gasteiger charge is -2.37. The van der Waals surface area contributed by atoms with E-state index in [1.807, 2.05) is 23.6 Å². The van der Waals surface area contributed by atoms with Crippen LogP contribution < -0.4 is 9.80 Å². The number of nitrogens with zero attached hydrogens (tertiary/aromatic N) is 7. The van der Waals surface area contributed by atoms with Gasteiger partial charge in [0, 0.05) is 61.5 Å². The predicted octanol–water partition coefficient (Wildman–Crippen LogP) is 3.27. The lowest BCUT2D eigenvalue weighted by Crippen LogP contribution is -2.47. The molecule has 8 heteroatoms. The molecule has 4 aromatic rings. The molecule has 0 radical (unpaired) electrons. The molecule has 5 rings (SSSR count). The van der Waals surface area contributed by atoms with Gasteiger partial charge in [0.25, 0.3) is 0 Å². The molecule has 4 heterocycles. The highest BCUT2D eigenvalue weighted by atomic mass is 19.1. The van der Waals surface area contributed by atoms with E-state index in [-0.39, 0.29) is 5.82 Å². The van der Waals surface area contributed by atoms with Crippen molar-refractivity contribution in [2.45, 2.75) is 13.8 Å². The van der Waals surface area contributed by atoms with Crippen LogP contribution in [-0.2, 0) is 0 Å². The molecule has 1 fully saturated rings. The van der Waals surface area contributed by atoms with Crippen molar-refractivity contribution in [1.82, 2.24) is 24.6 Å². The van der Waals surface area contributed by atoms with Gasteiger partial charge in [-0.15, -0.1) is 0 Å². The number of hydrogen-bond acceptors (Lipinski definition) is 6. The van der Waals surface area contributed by atoms with Crippen LogP contribution in [0, 0.1) is 19.7 Å². The number of piperazine rings is 1. The Balaban J connectivity index is 1.50. The van der Waals surface area contributed by atoms with Crippen LogP contribution in [-0.4, -0.2) is 50.7 Å². The topological polar surface area (TPSA) is 62.5 Å². The molecule has 0 spiro atoms. The summed E-state index contributed by atoms with van der Waals surface area (Å²) >= 11 is 0. The summed E-state index contributed by atoms with van der Waals surface area (Å²) in [6, 6.07) is 8.42.